The molecule has 2 aromatic rings. The molecule has 0 aliphatic rings. The van der Waals surface area contributed by atoms with Gasteiger partial charge in [0.15, 0.2) is 5.76 Å². The van der Waals surface area contributed by atoms with E-state index in [-0.39, 0.29) is 0 Å². The maximum atomic E-state index is 5.80. The predicted octanol–water partition coefficient (Wildman–Crippen LogP) is 2.76. The summed E-state index contributed by atoms with van der Waals surface area (Å²) in [6.45, 7) is 4.24. The van der Waals surface area contributed by atoms with Crippen LogP contribution in [0.15, 0.2) is 35.0 Å². The lowest BCUT2D eigenvalue weighted by atomic mass is 10.2. The topological polar surface area (TPSA) is 56.5 Å². The van der Waals surface area contributed by atoms with Crippen molar-refractivity contribution in [2.75, 3.05) is 13.7 Å². The molecule has 0 aliphatic carbocycles. The van der Waals surface area contributed by atoms with E-state index in [1.54, 1.807) is 19.4 Å². The molecule has 0 fully saturated rings. The van der Waals surface area contributed by atoms with Crippen LogP contribution in [0.3, 0.4) is 0 Å². The smallest absolute Gasteiger partial charge is 0.174 e. The van der Waals surface area contributed by atoms with Gasteiger partial charge in [-0.2, -0.15) is 0 Å². The number of nitrogens with zero attached hydrogens (tertiary/aromatic N) is 1. The van der Waals surface area contributed by atoms with Crippen molar-refractivity contribution in [3.8, 4) is 11.5 Å². The molecule has 1 N–H and O–H groups in total. The Morgan fingerprint density at radius 3 is 2.90 bits per heavy atom. The van der Waals surface area contributed by atoms with Crippen molar-refractivity contribution in [1.29, 1.82) is 0 Å². The number of nitrogens with one attached hydrogen (secondary N) is 1. The van der Waals surface area contributed by atoms with Gasteiger partial charge in [0.2, 0.25) is 0 Å². The van der Waals surface area contributed by atoms with Gasteiger partial charge in [0.05, 0.1) is 13.3 Å². The highest BCUT2D eigenvalue weighted by Crippen LogP contribution is 2.25. The highest BCUT2D eigenvalue weighted by molar-refractivity contribution is 5.40. The number of methoxy groups -OCH3 is 1. The quantitative estimate of drug-likeness (QED) is 0.751. The highest BCUT2D eigenvalue weighted by atomic mass is 16.5. The number of hydrogen-bond acceptors (Lipinski definition) is 5. The average Bonchev–Trinajstić information content (AvgIpc) is 2.99. The first-order valence-corrected chi connectivity index (χ1v) is 6.73. The Hall–Kier alpha value is -2.01. The first-order valence-electron chi connectivity index (χ1n) is 6.73. The summed E-state index contributed by atoms with van der Waals surface area (Å²) in [6, 6.07) is 7.62. The van der Waals surface area contributed by atoms with E-state index < -0.39 is 0 Å². The molecule has 0 saturated heterocycles. The van der Waals surface area contributed by atoms with Crippen LogP contribution in [0.5, 0.6) is 11.5 Å². The Balaban J connectivity index is 2.05. The molecule has 1 aromatic heterocycles. The van der Waals surface area contributed by atoms with E-state index in [4.69, 9.17) is 14.0 Å². The van der Waals surface area contributed by atoms with Gasteiger partial charge in [-0.05, 0) is 19.0 Å². The Kier molecular flexibility index (Phi) is 5.43. The third kappa shape index (κ3) is 3.99. The van der Waals surface area contributed by atoms with Crippen LogP contribution in [-0.4, -0.2) is 18.8 Å². The Morgan fingerprint density at radius 2 is 2.20 bits per heavy atom. The van der Waals surface area contributed by atoms with Crippen LogP contribution in [0.1, 0.15) is 24.7 Å². The molecular weight excluding hydrogens is 256 g/mol. The summed E-state index contributed by atoms with van der Waals surface area (Å²) in [5.74, 6) is 2.27. The van der Waals surface area contributed by atoms with Gasteiger partial charge in [-0.25, -0.2) is 0 Å². The minimum atomic E-state index is 0.355. The van der Waals surface area contributed by atoms with E-state index in [0.29, 0.717) is 12.4 Å². The maximum Gasteiger partial charge on any atom is 0.174 e. The van der Waals surface area contributed by atoms with E-state index in [1.165, 1.54) is 0 Å². The second-order valence-corrected chi connectivity index (χ2v) is 4.42. The molecule has 5 heteroatoms. The van der Waals surface area contributed by atoms with Crippen LogP contribution in [0.25, 0.3) is 0 Å². The monoisotopic (exact) mass is 276 g/mol. The normalized spacial score (nSPS) is 10.5. The van der Waals surface area contributed by atoms with Crippen molar-refractivity contribution in [3.05, 3.63) is 41.8 Å². The third-order valence-corrected chi connectivity index (χ3v) is 2.88. The van der Waals surface area contributed by atoms with Gasteiger partial charge in [0.1, 0.15) is 18.1 Å². The molecule has 0 radical (unpaired) electrons. The zero-order chi connectivity index (χ0) is 14.2. The minimum absolute atomic E-state index is 0.355. The van der Waals surface area contributed by atoms with Crippen LogP contribution in [-0.2, 0) is 13.2 Å². The Bertz CT molecular complexity index is 512. The van der Waals surface area contributed by atoms with Gasteiger partial charge in [0, 0.05) is 24.2 Å². The Labute approximate surface area is 118 Å². The second kappa shape index (κ2) is 7.55. The fourth-order valence-corrected chi connectivity index (χ4v) is 1.81. The summed E-state index contributed by atoms with van der Waals surface area (Å²) < 4.78 is 16.1. The lowest BCUT2D eigenvalue weighted by molar-refractivity contribution is 0.246. The molecule has 20 heavy (non-hydrogen) atoms. The number of benzene rings is 1. The first kappa shape index (κ1) is 14.4. The zero-order valence-corrected chi connectivity index (χ0v) is 11.9. The number of ether oxygens (including phenoxy) is 2. The summed E-state index contributed by atoms with van der Waals surface area (Å²) in [7, 11) is 1.64. The van der Waals surface area contributed by atoms with Gasteiger partial charge in [-0.3, -0.25) is 0 Å². The molecule has 0 unspecified atom stereocenters. The first-order chi connectivity index (χ1) is 9.83. The molecule has 1 aromatic carbocycles. The van der Waals surface area contributed by atoms with Crippen molar-refractivity contribution < 1.29 is 14.0 Å². The summed E-state index contributed by atoms with van der Waals surface area (Å²) in [5, 5.41) is 7.03. The van der Waals surface area contributed by atoms with E-state index in [2.05, 4.69) is 17.4 Å². The van der Waals surface area contributed by atoms with Crippen molar-refractivity contribution in [2.45, 2.75) is 26.5 Å². The van der Waals surface area contributed by atoms with Crippen LogP contribution in [0.2, 0.25) is 0 Å². The molecular formula is C15H20N2O3. The lowest BCUT2D eigenvalue weighted by Gasteiger charge is -2.12. The summed E-state index contributed by atoms with van der Waals surface area (Å²) in [4.78, 5) is 0. The van der Waals surface area contributed by atoms with Crippen LogP contribution < -0.4 is 14.8 Å². The largest absolute Gasteiger partial charge is 0.497 e. The molecule has 0 aliphatic heterocycles. The highest BCUT2D eigenvalue weighted by Gasteiger charge is 2.07. The minimum Gasteiger partial charge on any atom is -0.497 e. The van der Waals surface area contributed by atoms with E-state index in [0.717, 1.165) is 36.6 Å². The van der Waals surface area contributed by atoms with E-state index >= 15 is 0 Å². The van der Waals surface area contributed by atoms with Gasteiger partial charge in [-0.1, -0.05) is 18.1 Å². The number of aromatic nitrogens is 1. The van der Waals surface area contributed by atoms with Crippen LogP contribution >= 0.6 is 0 Å². The lowest BCUT2D eigenvalue weighted by Crippen LogP contribution is -2.14. The molecule has 0 bridgehead atoms. The van der Waals surface area contributed by atoms with Gasteiger partial charge in [0.25, 0.3) is 0 Å². The molecule has 2 rings (SSSR count). The molecule has 0 amide bonds. The summed E-state index contributed by atoms with van der Waals surface area (Å²) in [6.07, 6.45) is 2.71. The average molecular weight is 276 g/mol. The fraction of sp³-hybridized carbons (Fsp3) is 0.400. The standard InChI is InChI=1S/C15H20N2O3/c1-3-7-16-10-12-4-5-13(18-2)9-15(12)19-11-14-6-8-17-20-14/h4-6,8-9,16H,3,7,10-11H2,1-2H3. The maximum absolute atomic E-state index is 5.80. The van der Waals surface area contributed by atoms with Crippen molar-refractivity contribution in [3.63, 3.8) is 0 Å². The summed E-state index contributed by atoms with van der Waals surface area (Å²) in [5.41, 5.74) is 1.10. The number of hydrogen-bond donors (Lipinski definition) is 1. The Morgan fingerprint density at radius 1 is 1.30 bits per heavy atom. The van der Waals surface area contributed by atoms with Gasteiger partial charge >= 0.3 is 0 Å². The number of rotatable bonds is 8. The SMILES string of the molecule is CCCNCc1ccc(OC)cc1OCc1ccno1. The third-order valence-electron chi connectivity index (χ3n) is 2.88. The van der Waals surface area contributed by atoms with Crippen molar-refractivity contribution in [1.82, 2.24) is 10.5 Å². The zero-order valence-electron chi connectivity index (χ0n) is 11.9. The molecule has 5 nitrogen and oxygen atoms in total. The molecule has 0 saturated carbocycles. The van der Waals surface area contributed by atoms with Crippen molar-refractivity contribution in [2.24, 2.45) is 0 Å². The molecule has 0 spiro atoms. The summed E-state index contributed by atoms with van der Waals surface area (Å²) >= 11 is 0. The van der Waals surface area contributed by atoms with Gasteiger partial charge < -0.3 is 19.3 Å². The molecule has 1 heterocycles. The fourth-order valence-electron chi connectivity index (χ4n) is 1.81. The molecule has 108 valence electrons. The predicted molar refractivity (Wildman–Crippen MR) is 75.8 cm³/mol. The van der Waals surface area contributed by atoms with Gasteiger partial charge in [-0.15, -0.1) is 0 Å². The van der Waals surface area contributed by atoms with E-state index in [9.17, 15) is 0 Å². The van der Waals surface area contributed by atoms with Crippen LogP contribution in [0.4, 0.5) is 0 Å². The van der Waals surface area contributed by atoms with Crippen LogP contribution in [0, 0.1) is 0 Å². The second-order valence-electron chi connectivity index (χ2n) is 4.42. The van der Waals surface area contributed by atoms with Crippen molar-refractivity contribution >= 4 is 0 Å². The molecule has 0 atom stereocenters. The van der Waals surface area contributed by atoms with E-state index in [1.807, 2.05) is 18.2 Å².